The summed E-state index contributed by atoms with van der Waals surface area (Å²) in [5.74, 6) is 0.194. The van der Waals surface area contributed by atoms with Gasteiger partial charge in [-0.3, -0.25) is 9.69 Å². The lowest BCUT2D eigenvalue weighted by Gasteiger charge is -2.41. The summed E-state index contributed by atoms with van der Waals surface area (Å²) in [6.45, 7) is 2.68. The summed E-state index contributed by atoms with van der Waals surface area (Å²) in [6.07, 6.45) is 1.86. The summed E-state index contributed by atoms with van der Waals surface area (Å²) in [4.78, 5) is 28.4. The first kappa shape index (κ1) is 15.4. The summed E-state index contributed by atoms with van der Waals surface area (Å²) in [5, 5.41) is 2.73. The highest BCUT2D eigenvalue weighted by atomic mass is 16.6. The van der Waals surface area contributed by atoms with Crippen LogP contribution in [0.3, 0.4) is 0 Å². The molecule has 3 aliphatic heterocycles. The summed E-state index contributed by atoms with van der Waals surface area (Å²) in [7, 11) is 2.02. The number of nitrogens with zero attached hydrogens (tertiary/aromatic N) is 2. The van der Waals surface area contributed by atoms with Crippen LogP contribution in [0.2, 0.25) is 0 Å². The van der Waals surface area contributed by atoms with Gasteiger partial charge in [0, 0.05) is 32.5 Å². The molecule has 0 saturated carbocycles. The second-order valence-electron chi connectivity index (χ2n) is 7.16. The fourth-order valence-electron chi connectivity index (χ4n) is 4.06. The molecule has 1 aromatic rings. The fraction of sp³-hybridized carbons (Fsp3) is 0.556. The van der Waals surface area contributed by atoms with E-state index in [1.54, 1.807) is 0 Å². The van der Waals surface area contributed by atoms with E-state index in [2.05, 4.69) is 28.4 Å². The number of carbonyl (C=O) groups is 2. The van der Waals surface area contributed by atoms with Crippen molar-refractivity contribution in [1.29, 1.82) is 0 Å². The first-order valence-electron chi connectivity index (χ1n) is 8.59. The monoisotopic (exact) mass is 329 g/mol. The molecule has 0 radical (unpaired) electrons. The number of likely N-dealkylation sites (N-methyl/N-ethyl adjacent to an activating group) is 1. The molecule has 2 saturated heterocycles. The van der Waals surface area contributed by atoms with Crippen molar-refractivity contribution in [1.82, 2.24) is 15.1 Å². The van der Waals surface area contributed by atoms with Crippen LogP contribution < -0.4 is 5.32 Å². The van der Waals surface area contributed by atoms with E-state index in [4.69, 9.17) is 4.74 Å². The quantitative estimate of drug-likeness (QED) is 0.839. The number of benzene rings is 1. The van der Waals surface area contributed by atoms with E-state index in [9.17, 15) is 9.59 Å². The minimum Gasteiger partial charge on any atom is -0.441 e. The molecule has 0 bridgehead atoms. The Bertz CT molecular complexity index is 667. The molecule has 24 heavy (non-hydrogen) atoms. The van der Waals surface area contributed by atoms with E-state index in [1.807, 2.05) is 18.0 Å². The molecule has 128 valence electrons. The summed E-state index contributed by atoms with van der Waals surface area (Å²) < 4.78 is 5.43. The maximum Gasteiger partial charge on any atom is 0.407 e. The molecular weight excluding hydrogens is 306 g/mol. The summed E-state index contributed by atoms with van der Waals surface area (Å²) >= 11 is 0. The number of carbonyl (C=O) groups excluding carboxylic acids is 2. The first-order valence-corrected chi connectivity index (χ1v) is 8.59. The van der Waals surface area contributed by atoms with Gasteiger partial charge in [-0.05, 0) is 24.6 Å². The minimum atomic E-state index is -0.404. The normalized spacial score (nSPS) is 26.0. The number of amides is 2. The number of likely N-dealkylation sites (tertiary alicyclic amines) is 1. The Morgan fingerprint density at radius 3 is 2.62 bits per heavy atom. The van der Waals surface area contributed by atoms with Gasteiger partial charge in [0.15, 0.2) is 0 Å². The van der Waals surface area contributed by atoms with Crippen LogP contribution in [-0.2, 0) is 22.5 Å². The molecule has 4 rings (SSSR count). The number of alkyl carbamates (subject to hydrolysis) is 1. The van der Waals surface area contributed by atoms with Crippen molar-refractivity contribution in [3.05, 3.63) is 35.4 Å². The van der Waals surface area contributed by atoms with Crippen molar-refractivity contribution in [2.75, 3.05) is 26.7 Å². The molecular formula is C18H23N3O3. The van der Waals surface area contributed by atoms with Crippen molar-refractivity contribution in [2.45, 2.75) is 37.5 Å². The number of ether oxygens (including phenoxy) is 1. The highest BCUT2D eigenvalue weighted by Gasteiger charge is 2.44. The molecule has 3 heterocycles. The zero-order chi connectivity index (χ0) is 16.7. The number of hydrogen-bond acceptors (Lipinski definition) is 4. The number of piperidine rings is 1. The van der Waals surface area contributed by atoms with E-state index >= 15 is 0 Å². The van der Waals surface area contributed by atoms with Crippen LogP contribution in [0.15, 0.2) is 24.3 Å². The SMILES string of the molecule is CN1Cc2ccccc2CC1C(=O)N1CCC2(CC1)CNC(=O)O2. The molecule has 3 aliphatic rings. The third-order valence-corrected chi connectivity index (χ3v) is 5.62. The highest BCUT2D eigenvalue weighted by Crippen LogP contribution is 2.30. The van der Waals surface area contributed by atoms with Gasteiger partial charge in [0.1, 0.15) is 5.60 Å². The van der Waals surface area contributed by atoms with Crippen molar-refractivity contribution in [3.63, 3.8) is 0 Å². The molecule has 1 aromatic carbocycles. The zero-order valence-electron chi connectivity index (χ0n) is 14.0. The lowest BCUT2D eigenvalue weighted by molar-refractivity contribution is -0.140. The molecule has 1 N–H and O–H groups in total. The maximum absolute atomic E-state index is 13.0. The lowest BCUT2D eigenvalue weighted by atomic mass is 9.90. The van der Waals surface area contributed by atoms with Crippen LogP contribution in [-0.4, -0.2) is 60.1 Å². The topological polar surface area (TPSA) is 61.9 Å². The van der Waals surface area contributed by atoms with Crippen molar-refractivity contribution in [2.24, 2.45) is 0 Å². The van der Waals surface area contributed by atoms with Crippen LogP contribution >= 0.6 is 0 Å². The van der Waals surface area contributed by atoms with Gasteiger partial charge in [-0.25, -0.2) is 4.79 Å². The third-order valence-electron chi connectivity index (χ3n) is 5.62. The van der Waals surface area contributed by atoms with Gasteiger partial charge in [0.05, 0.1) is 12.6 Å². The minimum absolute atomic E-state index is 0.0989. The van der Waals surface area contributed by atoms with Crippen molar-refractivity contribution in [3.8, 4) is 0 Å². The molecule has 1 unspecified atom stereocenters. The van der Waals surface area contributed by atoms with Crippen molar-refractivity contribution >= 4 is 12.0 Å². The van der Waals surface area contributed by atoms with Crippen LogP contribution in [0.5, 0.6) is 0 Å². The van der Waals surface area contributed by atoms with Gasteiger partial charge in [0.25, 0.3) is 0 Å². The van der Waals surface area contributed by atoms with Gasteiger partial charge < -0.3 is 15.0 Å². The zero-order valence-corrected chi connectivity index (χ0v) is 14.0. The van der Waals surface area contributed by atoms with Gasteiger partial charge in [-0.2, -0.15) is 0 Å². The Morgan fingerprint density at radius 1 is 1.25 bits per heavy atom. The van der Waals surface area contributed by atoms with Gasteiger partial charge >= 0.3 is 6.09 Å². The second-order valence-corrected chi connectivity index (χ2v) is 7.16. The van der Waals surface area contributed by atoms with E-state index in [0.29, 0.717) is 32.5 Å². The lowest BCUT2D eigenvalue weighted by Crippen LogP contribution is -2.55. The van der Waals surface area contributed by atoms with E-state index in [0.717, 1.165) is 13.0 Å². The highest BCUT2D eigenvalue weighted by molar-refractivity contribution is 5.83. The predicted octanol–water partition coefficient (Wildman–Crippen LogP) is 1.14. The number of hydrogen-bond donors (Lipinski definition) is 1. The Kier molecular flexibility index (Phi) is 3.72. The van der Waals surface area contributed by atoms with Gasteiger partial charge in [-0.15, -0.1) is 0 Å². The Labute approximate surface area is 141 Å². The largest absolute Gasteiger partial charge is 0.441 e. The van der Waals surface area contributed by atoms with Crippen LogP contribution in [0.1, 0.15) is 24.0 Å². The van der Waals surface area contributed by atoms with E-state index in [-0.39, 0.29) is 18.0 Å². The van der Waals surface area contributed by atoms with Crippen molar-refractivity contribution < 1.29 is 14.3 Å². The third kappa shape index (κ3) is 2.65. The maximum atomic E-state index is 13.0. The number of fused-ring (bicyclic) bond motifs is 1. The van der Waals surface area contributed by atoms with Gasteiger partial charge in [-0.1, -0.05) is 24.3 Å². The smallest absolute Gasteiger partial charge is 0.407 e. The molecule has 0 aliphatic carbocycles. The average Bonchev–Trinajstić information content (AvgIpc) is 2.95. The van der Waals surface area contributed by atoms with E-state index < -0.39 is 5.60 Å². The molecule has 6 heteroatoms. The molecule has 2 amide bonds. The Balaban J connectivity index is 1.43. The first-order chi connectivity index (χ1) is 11.6. The van der Waals surface area contributed by atoms with Crippen LogP contribution in [0.25, 0.3) is 0 Å². The Morgan fingerprint density at radius 2 is 1.96 bits per heavy atom. The number of rotatable bonds is 1. The molecule has 2 fully saturated rings. The standard InChI is InChI=1S/C18H23N3O3/c1-20-11-14-5-3-2-4-13(14)10-15(20)16(22)21-8-6-18(7-9-21)12-19-17(23)24-18/h2-5,15H,6-12H2,1H3,(H,19,23). The van der Waals surface area contributed by atoms with Crippen LogP contribution in [0, 0.1) is 0 Å². The predicted molar refractivity (Wildman–Crippen MR) is 88.4 cm³/mol. The summed E-state index contributed by atoms with van der Waals surface area (Å²) in [5.41, 5.74) is 2.18. The number of nitrogens with one attached hydrogen (secondary N) is 1. The Hall–Kier alpha value is -2.08. The molecule has 6 nitrogen and oxygen atoms in total. The second kappa shape index (κ2) is 5.77. The molecule has 1 spiro atoms. The summed E-state index contributed by atoms with van der Waals surface area (Å²) in [6, 6.07) is 8.25. The molecule has 0 aromatic heterocycles. The van der Waals surface area contributed by atoms with Crippen LogP contribution in [0.4, 0.5) is 4.79 Å². The molecule has 1 atom stereocenters. The average molecular weight is 329 g/mol. The van der Waals surface area contributed by atoms with Gasteiger partial charge in [0.2, 0.25) is 5.91 Å². The van der Waals surface area contributed by atoms with E-state index in [1.165, 1.54) is 11.1 Å². The fourth-order valence-corrected chi connectivity index (χ4v) is 4.06.